The number of aromatic nitrogens is 1. The SMILES string of the molecule is CCC1CCCCN1C(=O)c1cccc(C(=O)N2CCCCC2CC)n1. The monoisotopic (exact) mass is 357 g/mol. The van der Waals surface area contributed by atoms with E-state index in [-0.39, 0.29) is 11.8 Å². The maximum Gasteiger partial charge on any atom is 0.272 e. The topological polar surface area (TPSA) is 53.5 Å². The third-order valence-electron chi connectivity index (χ3n) is 5.91. The Kier molecular flexibility index (Phi) is 6.28. The van der Waals surface area contributed by atoms with Gasteiger partial charge in [0, 0.05) is 25.2 Å². The van der Waals surface area contributed by atoms with Crippen LogP contribution in [0.4, 0.5) is 0 Å². The second kappa shape index (κ2) is 8.65. The van der Waals surface area contributed by atoms with Gasteiger partial charge < -0.3 is 9.80 Å². The summed E-state index contributed by atoms with van der Waals surface area (Å²) in [5, 5.41) is 0. The van der Waals surface area contributed by atoms with Crippen LogP contribution in [0.5, 0.6) is 0 Å². The fraction of sp³-hybridized carbons (Fsp3) is 0.667. The molecule has 142 valence electrons. The number of piperidine rings is 2. The van der Waals surface area contributed by atoms with Crippen LogP contribution in [0, 0.1) is 0 Å². The lowest BCUT2D eigenvalue weighted by molar-refractivity contribution is 0.0593. The largest absolute Gasteiger partial charge is 0.334 e. The number of carbonyl (C=O) groups is 2. The molecule has 5 heteroatoms. The standard InChI is InChI=1S/C21H31N3O2/c1-3-16-10-5-7-14-23(16)20(25)18-12-9-13-19(22-18)21(26)24-15-8-6-11-17(24)4-2/h9,12-13,16-17H,3-8,10-11,14-15H2,1-2H3. The van der Waals surface area contributed by atoms with E-state index in [4.69, 9.17) is 0 Å². The van der Waals surface area contributed by atoms with Crippen LogP contribution in [0.1, 0.15) is 86.2 Å². The number of rotatable bonds is 4. The molecular formula is C21H31N3O2. The minimum absolute atomic E-state index is 0.0307. The van der Waals surface area contributed by atoms with Crippen molar-refractivity contribution in [1.29, 1.82) is 0 Å². The van der Waals surface area contributed by atoms with Gasteiger partial charge in [-0.25, -0.2) is 4.98 Å². The lowest BCUT2D eigenvalue weighted by Crippen LogP contribution is -2.45. The molecule has 2 amide bonds. The summed E-state index contributed by atoms with van der Waals surface area (Å²) < 4.78 is 0. The van der Waals surface area contributed by atoms with Crippen LogP contribution < -0.4 is 0 Å². The maximum atomic E-state index is 13.0. The van der Waals surface area contributed by atoms with Crippen LogP contribution in [0.15, 0.2) is 18.2 Å². The molecule has 0 N–H and O–H groups in total. The van der Waals surface area contributed by atoms with E-state index in [9.17, 15) is 9.59 Å². The Morgan fingerprint density at radius 1 is 0.885 bits per heavy atom. The number of amides is 2. The number of pyridine rings is 1. The zero-order valence-corrected chi connectivity index (χ0v) is 16.1. The van der Waals surface area contributed by atoms with Crippen molar-refractivity contribution in [3.05, 3.63) is 29.6 Å². The highest BCUT2D eigenvalue weighted by Crippen LogP contribution is 2.23. The zero-order valence-electron chi connectivity index (χ0n) is 16.1. The fourth-order valence-corrected chi connectivity index (χ4v) is 4.35. The first-order valence-corrected chi connectivity index (χ1v) is 10.2. The summed E-state index contributed by atoms with van der Waals surface area (Å²) in [4.78, 5) is 34.3. The molecular weight excluding hydrogens is 326 g/mol. The van der Waals surface area contributed by atoms with Crippen molar-refractivity contribution >= 4 is 11.8 Å². The van der Waals surface area contributed by atoms with E-state index in [1.165, 1.54) is 12.8 Å². The molecule has 2 atom stereocenters. The Hall–Kier alpha value is -1.91. The highest BCUT2D eigenvalue weighted by molar-refractivity contribution is 5.96. The maximum absolute atomic E-state index is 13.0. The van der Waals surface area contributed by atoms with Crippen LogP contribution in [-0.2, 0) is 0 Å². The van der Waals surface area contributed by atoms with E-state index < -0.39 is 0 Å². The molecule has 26 heavy (non-hydrogen) atoms. The van der Waals surface area contributed by atoms with E-state index in [1.807, 2.05) is 9.80 Å². The quantitative estimate of drug-likeness (QED) is 0.821. The molecule has 0 aromatic carbocycles. The van der Waals surface area contributed by atoms with Crippen LogP contribution in [0.3, 0.4) is 0 Å². The van der Waals surface area contributed by atoms with Gasteiger partial charge in [0.1, 0.15) is 11.4 Å². The van der Waals surface area contributed by atoms with Crippen LogP contribution in [-0.4, -0.2) is 51.8 Å². The Morgan fingerprint density at radius 2 is 1.35 bits per heavy atom. The molecule has 3 heterocycles. The van der Waals surface area contributed by atoms with Crippen molar-refractivity contribution in [3.63, 3.8) is 0 Å². The van der Waals surface area contributed by atoms with Gasteiger partial charge >= 0.3 is 0 Å². The molecule has 0 radical (unpaired) electrons. The molecule has 2 fully saturated rings. The Morgan fingerprint density at radius 3 is 1.77 bits per heavy atom. The van der Waals surface area contributed by atoms with Gasteiger partial charge in [-0.15, -0.1) is 0 Å². The predicted octanol–water partition coefficient (Wildman–Crippen LogP) is 3.89. The summed E-state index contributed by atoms with van der Waals surface area (Å²) in [6.07, 6.45) is 8.52. The minimum Gasteiger partial charge on any atom is -0.334 e. The second-order valence-electron chi connectivity index (χ2n) is 7.52. The van der Waals surface area contributed by atoms with Gasteiger partial charge in [0.25, 0.3) is 11.8 Å². The third-order valence-corrected chi connectivity index (χ3v) is 5.91. The first-order chi connectivity index (χ1) is 12.7. The summed E-state index contributed by atoms with van der Waals surface area (Å²) in [6, 6.07) is 5.87. The van der Waals surface area contributed by atoms with Crippen molar-refractivity contribution < 1.29 is 9.59 Å². The second-order valence-corrected chi connectivity index (χ2v) is 7.52. The number of hydrogen-bond donors (Lipinski definition) is 0. The number of hydrogen-bond acceptors (Lipinski definition) is 3. The summed E-state index contributed by atoms with van der Waals surface area (Å²) in [5.41, 5.74) is 0.808. The van der Waals surface area contributed by atoms with Gasteiger partial charge in [0.15, 0.2) is 0 Å². The van der Waals surface area contributed by atoms with E-state index in [1.54, 1.807) is 18.2 Å². The average molecular weight is 357 g/mol. The number of likely N-dealkylation sites (tertiary alicyclic amines) is 2. The molecule has 0 spiro atoms. The molecule has 1 aromatic rings. The molecule has 3 rings (SSSR count). The van der Waals surface area contributed by atoms with Gasteiger partial charge in [-0.3, -0.25) is 9.59 Å². The summed E-state index contributed by atoms with van der Waals surface area (Å²) in [6.45, 7) is 5.85. The molecule has 5 nitrogen and oxygen atoms in total. The first kappa shape index (κ1) is 18.9. The summed E-state index contributed by atoms with van der Waals surface area (Å²) in [5.74, 6) is -0.0613. The van der Waals surface area contributed by atoms with Crippen molar-refractivity contribution in [2.75, 3.05) is 13.1 Å². The summed E-state index contributed by atoms with van der Waals surface area (Å²) >= 11 is 0. The molecule has 2 aliphatic heterocycles. The van der Waals surface area contributed by atoms with E-state index >= 15 is 0 Å². The van der Waals surface area contributed by atoms with Gasteiger partial charge in [-0.05, 0) is 63.5 Å². The van der Waals surface area contributed by atoms with E-state index in [2.05, 4.69) is 18.8 Å². The predicted molar refractivity (Wildman–Crippen MR) is 102 cm³/mol. The number of nitrogens with zero attached hydrogens (tertiary/aromatic N) is 3. The highest BCUT2D eigenvalue weighted by atomic mass is 16.2. The van der Waals surface area contributed by atoms with Crippen molar-refractivity contribution in [3.8, 4) is 0 Å². The molecule has 0 saturated carbocycles. The highest BCUT2D eigenvalue weighted by Gasteiger charge is 2.29. The first-order valence-electron chi connectivity index (χ1n) is 10.2. The normalized spacial score (nSPS) is 23.8. The lowest BCUT2D eigenvalue weighted by Gasteiger charge is -2.36. The molecule has 2 aliphatic rings. The van der Waals surface area contributed by atoms with Crippen molar-refractivity contribution in [1.82, 2.24) is 14.8 Å². The zero-order chi connectivity index (χ0) is 18.5. The minimum atomic E-state index is -0.0307. The Bertz CT molecular complexity index is 595. The molecule has 0 bridgehead atoms. The Balaban J connectivity index is 1.79. The van der Waals surface area contributed by atoms with E-state index in [0.717, 1.165) is 51.6 Å². The molecule has 0 aliphatic carbocycles. The Labute approximate surface area is 156 Å². The van der Waals surface area contributed by atoms with Crippen LogP contribution in [0.2, 0.25) is 0 Å². The average Bonchev–Trinajstić information content (AvgIpc) is 2.72. The van der Waals surface area contributed by atoms with Gasteiger partial charge in [0.2, 0.25) is 0 Å². The molecule has 2 unspecified atom stereocenters. The summed E-state index contributed by atoms with van der Waals surface area (Å²) in [7, 11) is 0. The molecule has 1 aromatic heterocycles. The van der Waals surface area contributed by atoms with Crippen molar-refractivity contribution in [2.45, 2.75) is 77.3 Å². The van der Waals surface area contributed by atoms with Gasteiger partial charge in [0.05, 0.1) is 0 Å². The lowest BCUT2D eigenvalue weighted by atomic mass is 9.99. The van der Waals surface area contributed by atoms with Crippen LogP contribution in [0.25, 0.3) is 0 Å². The van der Waals surface area contributed by atoms with Gasteiger partial charge in [-0.2, -0.15) is 0 Å². The molecule has 2 saturated heterocycles. The number of carbonyl (C=O) groups excluding carboxylic acids is 2. The fourth-order valence-electron chi connectivity index (χ4n) is 4.35. The smallest absolute Gasteiger partial charge is 0.272 e. The van der Waals surface area contributed by atoms with Gasteiger partial charge in [-0.1, -0.05) is 19.9 Å². The van der Waals surface area contributed by atoms with Crippen molar-refractivity contribution in [2.24, 2.45) is 0 Å². The third kappa shape index (κ3) is 3.92. The van der Waals surface area contributed by atoms with E-state index in [0.29, 0.717) is 23.5 Å². The van der Waals surface area contributed by atoms with Crippen LogP contribution >= 0.6 is 0 Å².